The maximum atomic E-state index is 5.39. The van der Waals surface area contributed by atoms with E-state index in [2.05, 4.69) is 45.6 Å². The first-order valence-corrected chi connectivity index (χ1v) is 6.29. The molecule has 1 aromatic carbocycles. The number of anilines is 1. The highest BCUT2D eigenvalue weighted by Gasteiger charge is 2.18. The number of hydrogen-bond donors (Lipinski definition) is 0. The van der Waals surface area contributed by atoms with Gasteiger partial charge in [0.05, 0.1) is 19.4 Å². The molecule has 1 aromatic heterocycles. The molecule has 0 unspecified atom stereocenters. The standard InChI is InChI=1S/C14H17N3O/c1-12-11-15-14(16-7-9-18-10-8-16)17(12)13-5-3-2-4-6-13/h2-6,11H,7-10H2,1H3. The maximum absolute atomic E-state index is 5.39. The lowest BCUT2D eigenvalue weighted by Gasteiger charge is -2.28. The molecule has 1 saturated heterocycles. The van der Waals surface area contributed by atoms with Crippen molar-refractivity contribution in [2.45, 2.75) is 6.92 Å². The van der Waals surface area contributed by atoms with E-state index in [1.54, 1.807) is 0 Å². The van der Waals surface area contributed by atoms with E-state index in [9.17, 15) is 0 Å². The Morgan fingerprint density at radius 1 is 1.11 bits per heavy atom. The number of benzene rings is 1. The number of aromatic nitrogens is 2. The molecule has 4 nitrogen and oxygen atoms in total. The number of hydrogen-bond acceptors (Lipinski definition) is 3. The third kappa shape index (κ3) is 1.99. The molecule has 94 valence electrons. The summed E-state index contributed by atoms with van der Waals surface area (Å²) in [6.07, 6.45) is 1.93. The SMILES string of the molecule is Cc1cnc(N2CCOCC2)n1-c1ccccc1. The minimum absolute atomic E-state index is 0.778. The third-order valence-electron chi connectivity index (χ3n) is 3.23. The third-order valence-corrected chi connectivity index (χ3v) is 3.23. The molecule has 0 amide bonds. The summed E-state index contributed by atoms with van der Waals surface area (Å²) in [4.78, 5) is 6.83. The van der Waals surface area contributed by atoms with Crippen LogP contribution >= 0.6 is 0 Å². The molecule has 0 atom stereocenters. The number of para-hydroxylation sites is 1. The molecule has 4 heteroatoms. The minimum atomic E-state index is 0.778. The van der Waals surface area contributed by atoms with E-state index in [4.69, 9.17) is 4.74 Å². The first kappa shape index (κ1) is 11.3. The average molecular weight is 243 g/mol. The van der Waals surface area contributed by atoms with Gasteiger partial charge in [0.15, 0.2) is 0 Å². The smallest absolute Gasteiger partial charge is 0.210 e. The van der Waals surface area contributed by atoms with Crippen LogP contribution in [0, 0.1) is 6.92 Å². The molecule has 0 radical (unpaired) electrons. The van der Waals surface area contributed by atoms with Crippen LogP contribution in [0.3, 0.4) is 0 Å². The van der Waals surface area contributed by atoms with Gasteiger partial charge in [0.25, 0.3) is 0 Å². The molecule has 2 aromatic rings. The zero-order valence-electron chi connectivity index (χ0n) is 10.5. The van der Waals surface area contributed by atoms with Crippen LogP contribution in [0.2, 0.25) is 0 Å². The van der Waals surface area contributed by atoms with Crippen molar-refractivity contribution in [1.29, 1.82) is 0 Å². The summed E-state index contributed by atoms with van der Waals surface area (Å²) in [6, 6.07) is 10.4. The lowest BCUT2D eigenvalue weighted by molar-refractivity contribution is 0.122. The predicted molar refractivity (Wildman–Crippen MR) is 71.3 cm³/mol. The summed E-state index contributed by atoms with van der Waals surface area (Å²) >= 11 is 0. The van der Waals surface area contributed by atoms with Gasteiger partial charge in [-0.05, 0) is 19.1 Å². The van der Waals surface area contributed by atoms with Gasteiger partial charge in [0, 0.05) is 24.5 Å². The average Bonchev–Trinajstić information content (AvgIpc) is 2.83. The molecule has 1 aliphatic heterocycles. The number of morpholine rings is 1. The van der Waals surface area contributed by atoms with Gasteiger partial charge in [0.2, 0.25) is 5.95 Å². The van der Waals surface area contributed by atoms with Gasteiger partial charge in [-0.15, -0.1) is 0 Å². The second kappa shape index (κ2) is 4.82. The Bertz CT molecular complexity index is 515. The van der Waals surface area contributed by atoms with Crippen molar-refractivity contribution in [2.24, 2.45) is 0 Å². The summed E-state index contributed by atoms with van der Waals surface area (Å²) < 4.78 is 7.59. The van der Waals surface area contributed by atoms with Gasteiger partial charge < -0.3 is 9.64 Å². The lowest BCUT2D eigenvalue weighted by atomic mass is 10.3. The first-order valence-electron chi connectivity index (χ1n) is 6.29. The van der Waals surface area contributed by atoms with Crippen molar-refractivity contribution in [2.75, 3.05) is 31.2 Å². The van der Waals surface area contributed by atoms with Gasteiger partial charge in [-0.2, -0.15) is 0 Å². The second-order valence-corrected chi connectivity index (χ2v) is 4.47. The van der Waals surface area contributed by atoms with Crippen molar-refractivity contribution in [3.63, 3.8) is 0 Å². The summed E-state index contributed by atoms with van der Waals surface area (Å²) in [5.74, 6) is 1.02. The lowest BCUT2D eigenvalue weighted by Crippen LogP contribution is -2.37. The van der Waals surface area contributed by atoms with E-state index in [1.165, 1.54) is 0 Å². The van der Waals surface area contributed by atoms with Crippen LogP contribution in [0.4, 0.5) is 5.95 Å². The fraction of sp³-hybridized carbons (Fsp3) is 0.357. The Labute approximate surface area is 107 Å². The monoisotopic (exact) mass is 243 g/mol. The van der Waals surface area contributed by atoms with Gasteiger partial charge in [-0.1, -0.05) is 18.2 Å². The summed E-state index contributed by atoms with van der Waals surface area (Å²) in [5.41, 5.74) is 2.32. The van der Waals surface area contributed by atoms with Crippen molar-refractivity contribution in [3.05, 3.63) is 42.2 Å². The number of rotatable bonds is 2. The molecule has 1 aliphatic rings. The number of imidazole rings is 1. The highest BCUT2D eigenvalue weighted by molar-refractivity contribution is 5.46. The molecule has 0 aliphatic carbocycles. The summed E-state index contributed by atoms with van der Waals surface area (Å²) in [6.45, 7) is 5.46. The van der Waals surface area contributed by atoms with Crippen LogP contribution in [0.1, 0.15) is 5.69 Å². The quantitative estimate of drug-likeness (QED) is 0.808. The van der Waals surface area contributed by atoms with Crippen molar-refractivity contribution in [1.82, 2.24) is 9.55 Å². The van der Waals surface area contributed by atoms with Crippen LogP contribution in [0.15, 0.2) is 36.5 Å². The zero-order chi connectivity index (χ0) is 12.4. The molecule has 3 rings (SSSR count). The Balaban J connectivity index is 2.01. The zero-order valence-corrected chi connectivity index (χ0v) is 10.5. The van der Waals surface area contributed by atoms with Crippen LogP contribution in [-0.4, -0.2) is 35.9 Å². The second-order valence-electron chi connectivity index (χ2n) is 4.47. The molecule has 2 heterocycles. The van der Waals surface area contributed by atoms with E-state index in [-0.39, 0.29) is 0 Å². The Morgan fingerprint density at radius 3 is 2.56 bits per heavy atom. The molecule has 0 saturated carbocycles. The minimum Gasteiger partial charge on any atom is -0.378 e. The van der Waals surface area contributed by atoms with E-state index >= 15 is 0 Å². The number of nitrogens with zero attached hydrogens (tertiary/aromatic N) is 3. The van der Waals surface area contributed by atoms with E-state index in [0.29, 0.717) is 0 Å². The van der Waals surface area contributed by atoms with Crippen LogP contribution in [0.25, 0.3) is 5.69 Å². The molecule has 0 spiro atoms. The van der Waals surface area contributed by atoms with Gasteiger partial charge in [0.1, 0.15) is 0 Å². The van der Waals surface area contributed by atoms with Crippen molar-refractivity contribution in [3.8, 4) is 5.69 Å². The van der Waals surface area contributed by atoms with E-state index < -0.39 is 0 Å². The van der Waals surface area contributed by atoms with Crippen molar-refractivity contribution < 1.29 is 4.74 Å². The summed E-state index contributed by atoms with van der Waals surface area (Å²) in [5, 5.41) is 0. The normalized spacial score (nSPS) is 15.9. The number of aryl methyl sites for hydroxylation is 1. The fourth-order valence-corrected chi connectivity index (χ4v) is 2.31. The van der Waals surface area contributed by atoms with E-state index in [1.807, 2.05) is 12.3 Å². The topological polar surface area (TPSA) is 30.3 Å². The molecular weight excluding hydrogens is 226 g/mol. The van der Waals surface area contributed by atoms with E-state index in [0.717, 1.165) is 43.6 Å². The van der Waals surface area contributed by atoms with Crippen LogP contribution in [0.5, 0.6) is 0 Å². The molecular formula is C14H17N3O. The Hall–Kier alpha value is -1.81. The van der Waals surface area contributed by atoms with Crippen LogP contribution in [-0.2, 0) is 4.74 Å². The van der Waals surface area contributed by atoms with Gasteiger partial charge >= 0.3 is 0 Å². The molecule has 0 bridgehead atoms. The number of ether oxygens (including phenoxy) is 1. The van der Waals surface area contributed by atoms with Crippen LogP contribution < -0.4 is 4.90 Å². The highest BCUT2D eigenvalue weighted by atomic mass is 16.5. The van der Waals surface area contributed by atoms with Crippen molar-refractivity contribution >= 4 is 5.95 Å². The maximum Gasteiger partial charge on any atom is 0.210 e. The van der Waals surface area contributed by atoms with Gasteiger partial charge in [-0.3, -0.25) is 4.57 Å². The highest BCUT2D eigenvalue weighted by Crippen LogP contribution is 2.21. The van der Waals surface area contributed by atoms with Gasteiger partial charge in [-0.25, -0.2) is 4.98 Å². The Morgan fingerprint density at radius 2 is 1.83 bits per heavy atom. The molecule has 18 heavy (non-hydrogen) atoms. The fourth-order valence-electron chi connectivity index (χ4n) is 2.31. The first-order chi connectivity index (χ1) is 8.86. The largest absolute Gasteiger partial charge is 0.378 e. The summed E-state index contributed by atoms with van der Waals surface area (Å²) in [7, 11) is 0. The predicted octanol–water partition coefficient (Wildman–Crippen LogP) is 2.02. The molecule has 1 fully saturated rings. The Kier molecular flexibility index (Phi) is 3.02. The molecule has 0 N–H and O–H groups in total.